The molecule has 2 aromatic rings. The van der Waals surface area contributed by atoms with Crippen molar-refractivity contribution in [3.8, 4) is 23.0 Å². The van der Waals surface area contributed by atoms with E-state index in [1.54, 1.807) is 6.07 Å². The van der Waals surface area contributed by atoms with Crippen LogP contribution in [0.5, 0.6) is 23.0 Å². The lowest BCUT2D eigenvalue weighted by Gasteiger charge is -2.26. The number of carbonyl (C=O) groups excluding carboxylic acids is 1. The summed E-state index contributed by atoms with van der Waals surface area (Å²) in [5.41, 5.74) is 1.59. The molecule has 2 aliphatic rings. The van der Waals surface area contributed by atoms with Crippen LogP contribution in [0.15, 0.2) is 30.3 Å². The number of fused-ring (bicyclic) bond motifs is 2. The second kappa shape index (κ2) is 8.03. The van der Waals surface area contributed by atoms with Gasteiger partial charge >= 0.3 is 0 Å². The van der Waals surface area contributed by atoms with Crippen LogP contribution < -0.4 is 24.3 Å². The molecule has 2 heterocycles. The molecule has 7 heteroatoms. The van der Waals surface area contributed by atoms with Gasteiger partial charge in [0.1, 0.15) is 0 Å². The van der Waals surface area contributed by atoms with E-state index in [1.807, 2.05) is 24.3 Å². The molecule has 2 aliphatic heterocycles. The molecule has 0 unspecified atom stereocenters. The molecule has 1 N–H and O–H groups in total. The van der Waals surface area contributed by atoms with Crippen molar-refractivity contribution in [2.45, 2.75) is 32.1 Å². The highest BCUT2D eigenvalue weighted by Gasteiger charge is 2.25. The average molecular weight is 418 g/mol. The number of hydrogen-bond acceptors (Lipinski definition) is 5. The minimum absolute atomic E-state index is 0.0793. The first-order chi connectivity index (χ1) is 13.9. The first kappa shape index (κ1) is 19.7. The van der Waals surface area contributed by atoms with Crippen LogP contribution in [-0.4, -0.2) is 32.5 Å². The fourth-order valence-corrected chi connectivity index (χ4v) is 3.66. The lowest BCUT2D eigenvalue weighted by molar-refractivity contribution is -0.120. The van der Waals surface area contributed by atoms with E-state index in [9.17, 15) is 4.79 Å². The van der Waals surface area contributed by atoms with Crippen LogP contribution in [-0.2, 0) is 16.6 Å². The van der Waals surface area contributed by atoms with E-state index < -0.39 is 0 Å². The normalized spacial score (nSPS) is 15.0. The molecule has 4 rings (SSSR count). The SMILES string of the molecule is CC(C)(CNC(=O)Cc1cc(Cl)c2c(c1)OCCCO2)c1ccc2c(c1)OCO2. The van der Waals surface area contributed by atoms with E-state index >= 15 is 0 Å². The summed E-state index contributed by atoms with van der Waals surface area (Å²) in [5, 5.41) is 3.49. The largest absolute Gasteiger partial charge is 0.489 e. The van der Waals surface area contributed by atoms with Gasteiger partial charge in [0.15, 0.2) is 23.0 Å². The summed E-state index contributed by atoms with van der Waals surface area (Å²) in [6.07, 6.45) is 1.02. The lowest BCUT2D eigenvalue weighted by atomic mass is 9.84. The molecule has 0 spiro atoms. The molecule has 0 saturated heterocycles. The molecule has 0 atom stereocenters. The number of rotatable bonds is 5. The predicted molar refractivity (Wildman–Crippen MR) is 109 cm³/mol. The Morgan fingerprint density at radius 3 is 2.69 bits per heavy atom. The van der Waals surface area contributed by atoms with E-state index in [0.717, 1.165) is 29.0 Å². The second-order valence-corrected chi connectivity index (χ2v) is 8.27. The second-order valence-electron chi connectivity index (χ2n) is 7.86. The molecule has 29 heavy (non-hydrogen) atoms. The Labute approximate surface area is 175 Å². The molecule has 0 fully saturated rings. The first-order valence-corrected chi connectivity index (χ1v) is 10.0. The Kier molecular flexibility index (Phi) is 5.46. The van der Waals surface area contributed by atoms with Gasteiger partial charge in [-0.3, -0.25) is 4.79 Å². The Balaban J connectivity index is 1.40. The van der Waals surface area contributed by atoms with Gasteiger partial charge in [0.25, 0.3) is 0 Å². The van der Waals surface area contributed by atoms with Crippen molar-refractivity contribution >= 4 is 17.5 Å². The van der Waals surface area contributed by atoms with Gasteiger partial charge in [-0.2, -0.15) is 0 Å². The van der Waals surface area contributed by atoms with Gasteiger partial charge in [-0.15, -0.1) is 0 Å². The zero-order chi connectivity index (χ0) is 20.4. The van der Waals surface area contributed by atoms with Gasteiger partial charge in [-0.1, -0.05) is 31.5 Å². The van der Waals surface area contributed by atoms with Crippen molar-refractivity contribution in [1.29, 1.82) is 0 Å². The van der Waals surface area contributed by atoms with E-state index in [1.165, 1.54) is 0 Å². The van der Waals surface area contributed by atoms with Crippen molar-refractivity contribution < 1.29 is 23.7 Å². The van der Waals surface area contributed by atoms with Crippen molar-refractivity contribution in [3.05, 3.63) is 46.5 Å². The smallest absolute Gasteiger partial charge is 0.231 e. The van der Waals surface area contributed by atoms with Gasteiger partial charge < -0.3 is 24.3 Å². The fourth-order valence-electron chi connectivity index (χ4n) is 3.37. The molecule has 154 valence electrons. The molecular formula is C22H24ClNO5. The number of nitrogens with one attached hydrogen (secondary N) is 1. The summed E-state index contributed by atoms with van der Waals surface area (Å²) in [5.74, 6) is 2.56. The number of ether oxygens (including phenoxy) is 4. The van der Waals surface area contributed by atoms with Crippen LogP contribution in [0.1, 0.15) is 31.4 Å². The summed E-state index contributed by atoms with van der Waals surface area (Å²) < 4.78 is 22.2. The maximum absolute atomic E-state index is 12.6. The minimum Gasteiger partial charge on any atom is -0.489 e. The summed E-state index contributed by atoms with van der Waals surface area (Å²) in [6, 6.07) is 9.47. The Hall–Kier alpha value is -2.60. The molecule has 0 radical (unpaired) electrons. The van der Waals surface area contributed by atoms with Gasteiger partial charge in [0, 0.05) is 18.4 Å². The van der Waals surface area contributed by atoms with E-state index in [4.69, 9.17) is 30.5 Å². The van der Waals surface area contributed by atoms with Gasteiger partial charge in [0.2, 0.25) is 12.7 Å². The molecular weight excluding hydrogens is 394 g/mol. The number of hydrogen-bond donors (Lipinski definition) is 1. The Morgan fingerprint density at radius 2 is 1.83 bits per heavy atom. The first-order valence-electron chi connectivity index (χ1n) is 9.67. The summed E-state index contributed by atoms with van der Waals surface area (Å²) >= 11 is 6.32. The third kappa shape index (κ3) is 4.37. The summed E-state index contributed by atoms with van der Waals surface area (Å²) in [4.78, 5) is 12.6. The van der Waals surface area contributed by atoms with Crippen molar-refractivity contribution in [2.24, 2.45) is 0 Å². The third-order valence-electron chi connectivity index (χ3n) is 5.11. The summed E-state index contributed by atoms with van der Waals surface area (Å²) in [6.45, 7) is 6.03. The maximum atomic E-state index is 12.6. The number of halogens is 1. The van der Waals surface area contributed by atoms with Crippen molar-refractivity contribution in [3.63, 3.8) is 0 Å². The highest BCUT2D eigenvalue weighted by Crippen LogP contribution is 2.38. The predicted octanol–water partition coefficient (Wildman–Crippen LogP) is 3.87. The standard InChI is InChI=1S/C22H24ClNO5/c1-22(2,15-4-5-17-18(11-15)29-13-28-17)12-24-20(25)10-14-8-16(23)21-19(9-14)26-6-3-7-27-21/h4-5,8-9,11H,3,6-7,10,12-13H2,1-2H3,(H,24,25). The van der Waals surface area contributed by atoms with Gasteiger partial charge in [-0.05, 0) is 35.4 Å². The molecule has 0 bridgehead atoms. The average Bonchev–Trinajstić information content (AvgIpc) is 3.03. The molecule has 6 nitrogen and oxygen atoms in total. The Bertz CT molecular complexity index is 928. The van der Waals surface area contributed by atoms with Crippen LogP contribution >= 0.6 is 11.6 Å². The van der Waals surface area contributed by atoms with Crippen LogP contribution in [0, 0.1) is 0 Å². The quantitative estimate of drug-likeness (QED) is 0.800. The zero-order valence-corrected chi connectivity index (χ0v) is 17.3. The molecule has 0 aliphatic carbocycles. The van der Waals surface area contributed by atoms with Crippen LogP contribution in [0.4, 0.5) is 0 Å². The van der Waals surface area contributed by atoms with Gasteiger partial charge in [-0.25, -0.2) is 0 Å². The highest BCUT2D eigenvalue weighted by molar-refractivity contribution is 6.32. The third-order valence-corrected chi connectivity index (χ3v) is 5.39. The van der Waals surface area contributed by atoms with Crippen LogP contribution in [0.2, 0.25) is 5.02 Å². The van der Waals surface area contributed by atoms with Crippen LogP contribution in [0.3, 0.4) is 0 Å². The molecule has 0 saturated carbocycles. The lowest BCUT2D eigenvalue weighted by Crippen LogP contribution is -2.37. The van der Waals surface area contributed by atoms with E-state index in [2.05, 4.69) is 19.2 Å². The highest BCUT2D eigenvalue weighted by atomic mass is 35.5. The maximum Gasteiger partial charge on any atom is 0.231 e. The van der Waals surface area contributed by atoms with Crippen molar-refractivity contribution in [1.82, 2.24) is 5.32 Å². The molecule has 0 aromatic heterocycles. The fraction of sp³-hybridized carbons (Fsp3) is 0.409. The van der Waals surface area contributed by atoms with Gasteiger partial charge in [0.05, 0.1) is 24.7 Å². The monoisotopic (exact) mass is 417 g/mol. The van der Waals surface area contributed by atoms with E-state index in [0.29, 0.717) is 36.3 Å². The zero-order valence-electron chi connectivity index (χ0n) is 16.5. The topological polar surface area (TPSA) is 66.0 Å². The molecule has 2 aromatic carbocycles. The van der Waals surface area contributed by atoms with Crippen molar-refractivity contribution in [2.75, 3.05) is 26.6 Å². The van der Waals surface area contributed by atoms with Crippen LogP contribution in [0.25, 0.3) is 0 Å². The number of carbonyl (C=O) groups is 1. The number of amides is 1. The Morgan fingerprint density at radius 1 is 1.03 bits per heavy atom. The molecule has 1 amide bonds. The van der Waals surface area contributed by atoms with E-state index in [-0.39, 0.29) is 24.5 Å². The number of benzene rings is 2. The minimum atomic E-state index is -0.265. The summed E-state index contributed by atoms with van der Waals surface area (Å²) in [7, 11) is 0.